The van der Waals surface area contributed by atoms with Crippen LogP contribution in [-0.4, -0.2) is 28.3 Å². The Labute approximate surface area is 145 Å². The lowest BCUT2D eigenvalue weighted by molar-refractivity contribution is 0.102. The number of thioether (sulfide) groups is 1. The highest BCUT2D eigenvalue weighted by Gasteiger charge is 2.13. The van der Waals surface area contributed by atoms with Gasteiger partial charge in [-0.05, 0) is 30.0 Å². The molecule has 0 unspecified atom stereocenters. The molecule has 6 heteroatoms. The minimum Gasteiger partial charge on any atom is -0.357 e. The zero-order valence-electron chi connectivity index (χ0n) is 13.5. The van der Waals surface area contributed by atoms with Crippen LogP contribution >= 0.6 is 23.1 Å². The number of nitrogens with one attached hydrogen (secondary N) is 1. The molecule has 0 radical (unpaired) electrons. The first-order valence-corrected chi connectivity index (χ1v) is 9.44. The number of ketones is 1. The quantitative estimate of drug-likeness (QED) is 0.418. The molecule has 1 aromatic heterocycles. The van der Waals surface area contributed by atoms with Gasteiger partial charge in [0.25, 0.3) is 0 Å². The van der Waals surface area contributed by atoms with E-state index in [1.54, 1.807) is 6.08 Å². The third-order valence-electron chi connectivity index (χ3n) is 3.39. The van der Waals surface area contributed by atoms with Gasteiger partial charge in [0.1, 0.15) is 0 Å². The summed E-state index contributed by atoms with van der Waals surface area (Å²) in [7, 11) is 0. The highest BCUT2D eigenvalue weighted by Crippen LogP contribution is 2.26. The molecule has 1 aromatic carbocycles. The van der Waals surface area contributed by atoms with Crippen LogP contribution in [-0.2, 0) is 12.8 Å². The molecule has 0 atom stereocenters. The number of hydrogen-bond donors (Lipinski definition) is 1. The van der Waals surface area contributed by atoms with Gasteiger partial charge < -0.3 is 5.32 Å². The molecule has 1 heterocycles. The molecule has 0 spiro atoms. The van der Waals surface area contributed by atoms with Crippen molar-refractivity contribution >= 4 is 34.0 Å². The molecule has 0 aliphatic heterocycles. The van der Waals surface area contributed by atoms with E-state index in [4.69, 9.17) is 0 Å². The predicted molar refractivity (Wildman–Crippen MR) is 98.8 cm³/mol. The van der Waals surface area contributed by atoms with Gasteiger partial charge in [-0.2, -0.15) is 0 Å². The summed E-state index contributed by atoms with van der Waals surface area (Å²) in [6.07, 6.45) is 3.57. The van der Waals surface area contributed by atoms with Gasteiger partial charge in [0.05, 0.1) is 5.75 Å². The molecule has 1 N–H and O–H groups in total. The first kappa shape index (κ1) is 17.7. The summed E-state index contributed by atoms with van der Waals surface area (Å²) in [5, 5.41) is 12.0. The summed E-state index contributed by atoms with van der Waals surface area (Å²) < 4.78 is 0.801. The van der Waals surface area contributed by atoms with Gasteiger partial charge in [-0.25, -0.2) is 0 Å². The van der Waals surface area contributed by atoms with Gasteiger partial charge in [-0.3, -0.25) is 4.79 Å². The van der Waals surface area contributed by atoms with Gasteiger partial charge in [0, 0.05) is 12.1 Å². The van der Waals surface area contributed by atoms with Gasteiger partial charge >= 0.3 is 0 Å². The molecule has 2 rings (SSSR count). The Morgan fingerprint density at radius 1 is 1.35 bits per heavy atom. The maximum atomic E-state index is 12.6. The largest absolute Gasteiger partial charge is 0.357 e. The number of hydrogen-bond acceptors (Lipinski definition) is 6. The summed E-state index contributed by atoms with van der Waals surface area (Å²) in [6, 6.07) is 6.20. The van der Waals surface area contributed by atoms with Gasteiger partial charge in [0.15, 0.2) is 10.1 Å². The van der Waals surface area contributed by atoms with Gasteiger partial charge in [-0.1, -0.05) is 55.2 Å². The molecule has 122 valence electrons. The van der Waals surface area contributed by atoms with Crippen LogP contribution in [0.25, 0.3) is 0 Å². The fraction of sp³-hybridized carbons (Fsp3) is 0.353. The summed E-state index contributed by atoms with van der Waals surface area (Å²) in [6.45, 7) is 8.48. The van der Waals surface area contributed by atoms with E-state index < -0.39 is 0 Å². The number of aromatic nitrogens is 2. The van der Waals surface area contributed by atoms with Crippen molar-refractivity contribution < 1.29 is 4.79 Å². The minimum atomic E-state index is 0.151. The maximum Gasteiger partial charge on any atom is 0.206 e. The monoisotopic (exact) mass is 347 g/mol. The lowest BCUT2D eigenvalue weighted by atomic mass is 9.98. The van der Waals surface area contributed by atoms with E-state index in [2.05, 4.69) is 48.1 Å². The number of anilines is 1. The molecule has 4 nitrogen and oxygen atoms in total. The predicted octanol–water partition coefficient (Wildman–Crippen LogP) is 4.24. The number of Topliss-reactive ketones (excluding diaryl/α,β-unsaturated/α-hetero) is 1. The standard InChI is InChI=1S/C17H21N3OS2/c1-4-9-18-16-19-20-17(23-16)22-11-15(21)14-10-12(5-2)7-8-13(14)6-3/h4,7-8,10H,1,5-6,9,11H2,2-3H3,(H,18,19). The van der Waals surface area contributed by atoms with Crippen LogP contribution in [0.15, 0.2) is 35.2 Å². The Hall–Kier alpha value is -1.66. The number of rotatable bonds is 9. The van der Waals surface area contributed by atoms with Crippen LogP contribution in [0.5, 0.6) is 0 Å². The van der Waals surface area contributed by atoms with Crippen molar-refractivity contribution in [3.63, 3.8) is 0 Å². The topological polar surface area (TPSA) is 54.9 Å². The van der Waals surface area contributed by atoms with Crippen LogP contribution in [0.4, 0.5) is 5.13 Å². The van der Waals surface area contributed by atoms with E-state index in [1.165, 1.54) is 28.7 Å². The minimum absolute atomic E-state index is 0.151. The molecule has 0 aliphatic carbocycles. The molecule has 0 amide bonds. The molecule has 23 heavy (non-hydrogen) atoms. The summed E-state index contributed by atoms with van der Waals surface area (Å²) in [5.41, 5.74) is 3.15. The van der Waals surface area contributed by atoms with E-state index in [0.29, 0.717) is 12.3 Å². The van der Waals surface area contributed by atoms with Crippen molar-refractivity contribution in [2.45, 2.75) is 31.0 Å². The fourth-order valence-corrected chi connectivity index (χ4v) is 3.76. The number of benzene rings is 1. The molecule has 2 aromatic rings. The molecule has 0 fully saturated rings. The van der Waals surface area contributed by atoms with E-state index in [9.17, 15) is 4.79 Å². The summed E-state index contributed by atoms with van der Waals surface area (Å²) in [4.78, 5) is 12.6. The summed E-state index contributed by atoms with van der Waals surface area (Å²) >= 11 is 2.90. The average Bonchev–Trinajstić information content (AvgIpc) is 3.05. The average molecular weight is 348 g/mol. The van der Waals surface area contributed by atoms with Crippen molar-refractivity contribution in [3.05, 3.63) is 47.5 Å². The molecule has 0 aliphatic rings. The Balaban J connectivity index is 2.01. The lowest BCUT2D eigenvalue weighted by Gasteiger charge is -2.08. The van der Waals surface area contributed by atoms with Crippen molar-refractivity contribution in [1.29, 1.82) is 0 Å². The number of aryl methyl sites for hydroxylation is 2. The Morgan fingerprint density at radius 3 is 2.87 bits per heavy atom. The van der Waals surface area contributed by atoms with Crippen LogP contribution in [0.2, 0.25) is 0 Å². The van der Waals surface area contributed by atoms with Crippen LogP contribution in [0.1, 0.15) is 35.3 Å². The van der Waals surface area contributed by atoms with Crippen molar-refractivity contribution in [2.24, 2.45) is 0 Å². The van der Waals surface area contributed by atoms with Crippen LogP contribution in [0.3, 0.4) is 0 Å². The lowest BCUT2D eigenvalue weighted by Crippen LogP contribution is -2.07. The third kappa shape index (κ3) is 4.91. The highest BCUT2D eigenvalue weighted by atomic mass is 32.2. The second kappa shape index (κ2) is 8.84. The first-order valence-electron chi connectivity index (χ1n) is 7.64. The maximum absolute atomic E-state index is 12.6. The van der Waals surface area contributed by atoms with E-state index in [0.717, 1.165) is 33.4 Å². The van der Waals surface area contributed by atoms with Gasteiger partial charge in [0.2, 0.25) is 5.13 Å². The molecular weight excluding hydrogens is 326 g/mol. The molecule has 0 saturated carbocycles. The van der Waals surface area contributed by atoms with Crippen LogP contribution < -0.4 is 5.32 Å². The second-order valence-electron chi connectivity index (χ2n) is 4.95. The first-order chi connectivity index (χ1) is 11.2. The molecular formula is C17H21N3OS2. The van der Waals surface area contributed by atoms with E-state index in [-0.39, 0.29) is 5.78 Å². The van der Waals surface area contributed by atoms with Crippen molar-refractivity contribution in [3.8, 4) is 0 Å². The normalized spacial score (nSPS) is 10.5. The number of carbonyl (C=O) groups excluding carboxylic acids is 1. The number of carbonyl (C=O) groups is 1. The molecule has 0 saturated heterocycles. The van der Waals surface area contributed by atoms with E-state index >= 15 is 0 Å². The number of nitrogens with zero attached hydrogens (tertiary/aromatic N) is 2. The van der Waals surface area contributed by atoms with E-state index in [1.807, 2.05) is 6.07 Å². The second-order valence-corrected chi connectivity index (χ2v) is 7.15. The third-order valence-corrected chi connectivity index (χ3v) is 5.41. The Bertz CT molecular complexity index is 682. The van der Waals surface area contributed by atoms with Crippen molar-refractivity contribution in [1.82, 2.24) is 10.2 Å². The summed E-state index contributed by atoms with van der Waals surface area (Å²) in [5.74, 6) is 0.536. The highest BCUT2D eigenvalue weighted by molar-refractivity contribution is 8.01. The molecule has 0 bridgehead atoms. The van der Waals surface area contributed by atoms with Gasteiger partial charge in [-0.15, -0.1) is 16.8 Å². The zero-order chi connectivity index (χ0) is 16.7. The Kier molecular flexibility index (Phi) is 6.80. The Morgan fingerprint density at radius 2 is 2.17 bits per heavy atom. The fourth-order valence-electron chi connectivity index (χ4n) is 2.12. The van der Waals surface area contributed by atoms with Crippen molar-refractivity contribution in [2.75, 3.05) is 17.6 Å². The van der Waals surface area contributed by atoms with Crippen LogP contribution in [0, 0.1) is 0 Å². The smallest absolute Gasteiger partial charge is 0.206 e. The zero-order valence-corrected chi connectivity index (χ0v) is 15.1. The SMILES string of the molecule is C=CCNc1nnc(SCC(=O)c2cc(CC)ccc2CC)s1.